The van der Waals surface area contributed by atoms with Crippen molar-refractivity contribution < 1.29 is 19.1 Å². The van der Waals surface area contributed by atoms with Crippen molar-refractivity contribution in [1.82, 2.24) is 4.90 Å². The van der Waals surface area contributed by atoms with Crippen molar-refractivity contribution in [2.75, 3.05) is 25.6 Å². The fourth-order valence-corrected chi connectivity index (χ4v) is 3.46. The highest BCUT2D eigenvalue weighted by Gasteiger charge is 2.39. The molecule has 3 rings (SSSR count). The third kappa shape index (κ3) is 4.44. The Hall–Kier alpha value is -2.99. The van der Waals surface area contributed by atoms with E-state index in [0.717, 1.165) is 0 Å². The summed E-state index contributed by atoms with van der Waals surface area (Å²) in [6.07, 6.45) is 0. The molecule has 7 heteroatoms. The van der Waals surface area contributed by atoms with Gasteiger partial charge in [-0.15, -0.1) is 0 Å². The molecule has 2 aromatic rings. The first kappa shape index (κ1) is 21.7. The molecular weight excluding hydrogens is 404 g/mol. The van der Waals surface area contributed by atoms with E-state index in [1.807, 2.05) is 20.8 Å². The van der Waals surface area contributed by atoms with Crippen LogP contribution in [-0.4, -0.2) is 37.0 Å². The minimum Gasteiger partial charge on any atom is -0.495 e. The van der Waals surface area contributed by atoms with Crippen molar-refractivity contribution in [1.29, 1.82) is 0 Å². The second kappa shape index (κ2) is 9.22. The molecule has 0 bridgehead atoms. The number of rotatable bonds is 8. The van der Waals surface area contributed by atoms with Gasteiger partial charge in [-0.05, 0) is 48.7 Å². The van der Waals surface area contributed by atoms with Crippen LogP contribution < -0.4 is 14.8 Å². The van der Waals surface area contributed by atoms with E-state index >= 15 is 0 Å². The summed E-state index contributed by atoms with van der Waals surface area (Å²) in [4.78, 5) is 27.7. The third-order valence-corrected chi connectivity index (χ3v) is 4.83. The number of ether oxygens (including phenoxy) is 2. The Balaban J connectivity index is 2.08. The zero-order chi connectivity index (χ0) is 21.8. The average molecular weight is 429 g/mol. The molecular formula is C23H25ClN2O4. The van der Waals surface area contributed by atoms with Gasteiger partial charge in [0.25, 0.3) is 11.8 Å². The van der Waals surface area contributed by atoms with Crippen molar-refractivity contribution >= 4 is 34.7 Å². The maximum atomic E-state index is 13.2. The molecule has 0 radical (unpaired) electrons. The number of hydrogen-bond acceptors (Lipinski definition) is 5. The highest BCUT2D eigenvalue weighted by molar-refractivity contribution is 6.36. The summed E-state index contributed by atoms with van der Waals surface area (Å²) in [7, 11) is 1.53. The number of nitrogens with one attached hydrogen (secondary N) is 1. The molecule has 1 aliphatic rings. The number of methoxy groups -OCH3 is 1. The summed E-state index contributed by atoms with van der Waals surface area (Å²) in [6, 6.07) is 12.2. The summed E-state index contributed by atoms with van der Waals surface area (Å²) in [6.45, 7) is 6.70. The molecule has 0 unspecified atom stereocenters. The predicted octanol–water partition coefficient (Wildman–Crippen LogP) is 4.60. The van der Waals surface area contributed by atoms with Crippen molar-refractivity contribution in [3.63, 3.8) is 0 Å². The van der Waals surface area contributed by atoms with Crippen molar-refractivity contribution in [2.24, 2.45) is 5.92 Å². The van der Waals surface area contributed by atoms with Gasteiger partial charge in [0.2, 0.25) is 0 Å². The van der Waals surface area contributed by atoms with Crippen LogP contribution >= 0.6 is 11.6 Å². The van der Waals surface area contributed by atoms with Gasteiger partial charge in [0.1, 0.15) is 17.2 Å². The van der Waals surface area contributed by atoms with E-state index in [4.69, 9.17) is 21.1 Å². The number of hydrogen-bond donors (Lipinski definition) is 1. The lowest BCUT2D eigenvalue weighted by molar-refractivity contribution is -0.137. The molecule has 30 heavy (non-hydrogen) atoms. The number of halogens is 1. The highest BCUT2D eigenvalue weighted by atomic mass is 35.5. The second-order valence-corrected chi connectivity index (χ2v) is 7.73. The van der Waals surface area contributed by atoms with Gasteiger partial charge in [0.15, 0.2) is 0 Å². The van der Waals surface area contributed by atoms with Crippen LogP contribution in [-0.2, 0) is 9.59 Å². The number of carbonyl (C=O) groups excluding carboxylic acids is 2. The van der Waals surface area contributed by atoms with Crippen LogP contribution in [0.1, 0.15) is 26.3 Å². The Morgan fingerprint density at radius 3 is 2.37 bits per heavy atom. The quantitative estimate of drug-likeness (QED) is 0.622. The Morgan fingerprint density at radius 1 is 1.07 bits per heavy atom. The molecule has 0 spiro atoms. The molecule has 0 saturated heterocycles. The third-order valence-electron chi connectivity index (χ3n) is 4.59. The van der Waals surface area contributed by atoms with Gasteiger partial charge in [-0.25, -0.2) is 0 Å². The monoisotopic (exact) mass is 428 g/mol. The summed E-state index contributed by atoms with van der Waals surface area (Å²) in [5.41, 5.74) is 1.65. The summed E-state index contributed by atoms with van der Waals surface area (Å²) >= 11 is 6.13. The van der Waals surface area contributed by atoms with Gasteiger partial charge >= 0.3 is 0 Å². The van der Waals surface area contributed by atoms with E-state index in [1.165, 1.54) is 12.0 Å². The van der Waals surface area contributed by atoms with Crippen LogP contribution in [0.2, 0.25) is 5.02 Å². The zero-order valence-corrected chi connectivity index (χ0v) is 18.2. The van der Waals surface area contributed by atoms with E-state index in [9.17, 15) is 9.59 Å². The van der Waals surface area contributed by atoms with Gasteiger partial charge in [-0.2, -0.15) is 0 Å². The maximum Gasteiger partial charge on any atom is 0.278 e. The zero-order valence-electron chi connectivity index (χ0n) is 17.5. The standard InChI is InChI=1S/C23H25ClN2O4/c1-5-30-17-9-6-15(7-10-17)20-21(23(28)26(22(20)27)13-14(2)3)25-18-12-16(24)8-11-19(18)29-4/h6-12,14,25H,5,13H2,1-4H3. The van der Waals surface area contributed by atoms with E-state index in [0.29, 0.717) is 46.5 Å². The molecule has 2 aromatic carbocycles. The lowest BCUT2D eigenvalue weighted by Crippen LogP contribution is -2.35. The first-order valence-corrected chi connectivity index (χ1v) is 10.2. The largest absolute Gasteiger partial charge is 0.495 e. The summed E-state index contributed by atoms with van der Waals surface area (Å²) in [5, 5.41) is 3.58. The van der Waals surface area contributed by atoms with E-state index in [-0.39, 0.29) is 23.4 Å². The molecule has 158 valence electrons. The van der Waals surface area contributed by atoms with Crippen molar-refractivity contribution in [2.45, 2.75) is 20.8 Å². The fraction of sp³-hybridized carbons (Fsp3) is 0.304. The SMILES string of the molecule is CCOc1ccc(C2=C(Nc3cc(Cl)ccc3OC)C(=O)N(CC(C)C)C2=O)cc1. The van der Waals surface area contributed by atoms with Crippen molar-refractivity contribution in [3.05, 3.63) is 58.7 Å². The number of anilines is 1. The summed E-state index contributed by atoms with van der Waals surface area (Å²) in [5.74, 6) is 0.643. The van der Waals surface area contributed by atoms with Crippen LogP contribution in [0.3, 0.4) is 0 Å². The van der Waals surface area contributed by atoms with Gasteiger partial charge in [0, 0.05) is 11.6 Å². The number of nitrogens with zero attached hydrogens (tertiary/aromatic N) is 1. The van der Waals surface area contributed by atoms with Gasteiger partial charge in [-0.3, -0.25) is 14.5 Å². The van der Waals surface area contributed by atoms with Crippen LogP contribution in [0.15, 0.2) is 48.2 Å². The average Bonchev–Trinajstić information content (AvgIpc) is 2.93. The molecule has 1 N–H and O–H groups in total. The van der Waals surface area contributed by atoms with Crippen LogP contribution in [0.4, 0.5) is 5.69 Å². The van der Waals surface area contributed by atoms with Crippen LogP contribution in [0.5, 0.6) is 11.5 Å². The van der Waals surface area contributed by atoms with Gasteiger partial charge < -0.3 is 14.8 Å². The first-order chi connectivity index (χ1) is 14.3. The maximum absolute atomic E-state index is 13.2. The minimum absolute atomic E-state index is 0.138. The number of benzene rings is 2. The van der Waals surface area contributed by atoms with Crippen LogP contribution in [0, 0.1) is 5.92 Å². The van der Waals surface area contributed by atoms with Gasteiger partial charge in [-0.1, -0.05) is 37.6 Å². The molecule has 0 atom stereocenters. The predicted molar refractivity (Wildman–Crippen MR) is 118 cm³/mol. The smallest absolute Gasteiger partial charge is 0.278 e. The normalized spacial score (nSPS) is 14.0. The topological polar surface area (TPSA) is 67.9 Å². The molecule has 0 saturated carbocycles. The van der Waals surface area contributed by atoms with E-state index in [2.05, 4.69) is 5.32 Å². The second-order valence-electron chi connectivity index (χ2n) is 7.29. The summed E-state index contributed by atoms with van der Waals surface area (Å²) < 4.78 is 10.9. The molecule has 0 aliphatic carbocycles. The minimum atomic E-state index is -0.375. The fourth-order valence-electron chi connectivity index (χ4n) is 3.29. The Kier molecular flexibility index (Phi) is 6.67. The molecule has 0 aromatic heterocycles. The molecule has 1 heterocycles. The molecule has 6 nitrogen and oxygen atoms in total. The molecule has 1 aliphatic heterocycles. The van der Waals surface area contributed by atoms with Gasteiger partial charge in [0.05, 0.1) is 25.0 Å². The Labute approximate surface area is 181 Å². The molecule has 0 fully saturated rings. The Morgan fingerprint density at radius 2 is 1.77 bits per heavy atom. The number of carbonyl (C=O) groups is 2. The first-order valence-electron chi connectivity index (χ1n) is 9.80. The number of imide groups is 1. The van der Waals surface area contributed by atoms with E-state index in [1.54, 1.807) is 42.5 Å². The highest BCUT2D eigenvalue weighted by Crippen LogP contribution is 2.35. The lowest BCUT2D eigenvalue weighted by Gasteiger charge is -2.17. The number of amides is 2. The Bertz CT molecular complexity index is 983. The van der Waals surface area contributed by atoms with Crippen LogP contribution in [0.25, 0.3) is 5.57 Å². The van der Waals surface area contributed by atoms with E-state index < -0.39 is 0 Å². The molecule has 2 amide bonds. The lowest BCUT2D eigenvalue weighted by atomic mass is 10.0. The van der Waals surface area contributed by atoms with Crippen molar-refractivity contribution in [3.8, 4) is 11.5 Å².